The first-order chi connectivity index (χ1) is 18.5. The molecule has 1 aliphatic rings. The summed E-state index contributed by atoms with van der Waals surface area (Å²) in [6, 6.07) is 21.5. The maximum Gasteiger partial charge on any atom is 0.324 e. The van der Waals surface area contributed by atoms with Gasteiger partial charge in [0.2, 0.25) is 11.7 Å². The minimum absolute atomic E-state index is 0.0224. The standard InChI is InChI=1S/C33H38N4O2/c1-32(2,3)27-15-13-24(28(22-27)33(4,5)6)14-16-29(38)36-17-19-37(20-18-36)31-34-30(35-39-31)26-12-11-23-9-7-8-10-25(23)21-26/h7-16,21-22H,17-20H2,1-6H3/b16-14+. The molecule has 1 aromatic heterocycles. The monoisotopic (exact) mass is 522 g/mol. The molecule has 4 aromatic rings. The number of fused-ring (bicyclic) bond motifs is 1. The molecular formula is C33H38N4O2. The fourth-order valence-corrected chi connectivity index (χ4v) is 4.99. The molecule has 0 N–H and O–H groups in total. The molecule has 1 amide bonds. The number of amides is 1. The predicted octanol–water partition coefficient (Wildman–Crippen LogP) is 6.85. The van der Waals surface area contributed by atoms with Crippen LogP contribution in [0.4, 0.5) is 6.01 Å². The first kappa shape index (κ1) is 26.7. The van der Waals surface area contributed by atoms with Crippen LogP contribution in [0.2, 0.25) is 0 Å². The molecule has 1 saturated heterocycles. The summed E-state index contributed by atoms with van der Waals surface area (Å²) in [4.78, 5) is 21.6. The van der Waals surface area contributed by atoms with Crippen molar-refractivity contribution in [3.05, 3.63) is 83.4 Å². The molecule has 3 aromatic carbocycles. The Kier molecular flexibility index (Phi) is 7.06. The van der Waals surface area contributed by atoms with Gasteiger partial charge in [-0.3, -0.25) is 4.79 Å². The molecule has 1 fully saturated rings. The van der Waals surface area contributed by atoms with Crippen molar-refractivity contribution in [2.75, 3.05) is 31.1 Å². The molecule has 0 unspecified atom stereocenters. The molecule has 0 saturated carbocycles. The van der Waals surface area contributed by atoms with E-state index in [-0.39, 0.29) is 16.7 Å². The first-order valence-corrected chi connectivity index (χ1v) is 13.7. The van der Waals surface area contributed by atoms with E-state index >= 15 is 0 Å². The lowest BCUT2D eigenvalue weighted by Gasteiger charge is -2.33. The molecule has 0 radical (unpaired) electrons. The van der Waals surface area contributed by atoms with Crippen LogP contribution in [0.15, 0.2) is 71.3 Å². The van der Waals surface area contributed by atoms with Gasteiger partial charge in [-0.2, -0.15) is 4.98 Å². The number of rotatable bonds is 4. The smallest absolute Gasteiger partial charge is 0.324 e. The topological polar surface area (TPSA) is 62.5 Å². The summed E-state index contributed by atoms with van der Waals surface area (Å²) in [6.07, 6.45) is 3.68. The average Bonchev–Trinajstić information content (AvgIpc) is 3.41. The minimum atomic E-state index is -0.0224. The Morgan fingerprint density at radius 3 is 2.26 bits per heavy atom. The van der Waals surface area contributed by atoms with Gasteiger partial charge in [0.25, 0.3) is 0 Å². The van der Waals surface area contributed by atoms with Crippen LogP contribution in [-0.2, 0) is 15.6 Å². The van der Waals surface area contributed by atoms with Gasteiger partial charge in [0.05, 0.1) is 0 Å². The van der Waals surface area contributed by atoms with E-state index in [1.54, 1.807) is 6.08 Å². The Balaban J connectivity index is 1.23. The summed E-state index contributed by atoms with van der Waals surface area (Å²) in [6.45, 7) is 15.8. The van der Waals surface area contributed by atoms with Gasteiger partial charge >= 0.3 is 6.01 Å². The van der Waals surface area contributed by atoms with Gasteiger partial charge in [-0.25, -0.2) is 0 Å². The second-order valence-electron chi connectivity index (χ2n) is 12.4. The number of hydrogen-bond donors (Lipinski definition) is 0. The van der Waals surface area contributed by atoms with Crippen molar-refractivity contribution in [3.8, 4) is 11.4 Å². The van der Waals surface area contributed by atoms with Gasteiger partial charge in [0.1, 0.15) is 0 Å². The second kappa shape index (κ2) is 10.3. The SMILES string of the molecule is CC(C)(C)c1ccc(/C=C/C(=O)N2CCN(c3nc(-c4ccc5ccccc5c4)no3)CC2)c(C(C)(C)C)c1. The van der Waals surface area contributed by atoms with Crippen LogP contribution in [0, 0.1) is 0 Å². The van der Waals surface area contributed by atoms with Crippen molar-refractivity contribution in [2.45, 2.75) is 52.4 Å². The molecule has 0 atom stereocenters. The summed E-state index contributed by atoms with van der Waals surface area (Å²) >= 11 is 0. The van der Waals surface area contributed by atoms with E-state index in [1.165, 1.54) is 16.5 Å². The highest BCUT2D eigenvalue weighted by Crippen LogP contribution is 2.32. The number of nitrogens with zero attached hydrogens (tertiary/aromatic N) is 4. The third-order valence-electron chi connectivity index (χ3n) is 7.42. The minimum Gasteiger partial charge on any atom is -0.336 e. The van der Waals surface area contributed by atoms with Crippen molar-refractivity contribution < 1.29 is 9.32 Å². The van der Waals surface area contributed by atoms with E-state index < -0.39 is 0 Å². The largest absolute Gasteiger partial charge is 0.336 e. The number of piperazine rings is 1. The summed E-state index contributed by atoms with van der Waals surface area (Å²) in [5.41, 5.74) is 4.62. The highest BCUT2D eigenvalue weighted by molar-refractivity contribution is 5.92. The van der Waals surface area contributed by atoms with Crippen LogP contribution in [-0.4, -0.2) is 47.1 Å². The zero-order valence-corrected chi connectivity index (χ0v) is 23.9. The highest BCUT2D eigenvalue weighted by Gasteiger charge is 2.25. The van der Waals surface area contributed by atoms with E-state index in [0.717, 1.165) is 16.5 Å². The predicted molar refractivity (Wildman–Crippen MR) is 159 cm³/mol. The maximum atomic E-state index is 13.1. The number of hydrogen-bond acceptors (Lipinski definition) is 5. The molecule has 0 bridgehead atoms. The van der Waals surface area contributed by atoms with Crippen LogP contribution < -0.4 is 4.90 Å². The Morgan fingerprint density at radius 2 is 1.56 bits per heavy atom. The molecule has 2 heterocycles. The van der Waals surface area contributed by atoms with Crippen molar-refractivity contribution in [2.24, 2.45) is 0 Å². The third-order valence-corrected chi connectivity index (χ3v) is 7.42. The first-order valence-electron chi connectivity index (χ1n) is 13.7. The van der Waals surface area contributed by atoms with Crippen LogP contribution in [0.3, 0.4) is 0 Å². The van der Waals surface area contributed by atoms with Crippen LogP contribution in [0.1, 0.15) is 58.2 Å². The van der Waals surface area contributed by atoms with Gasteiger partial charge in [-0.15, -0.1) is 0 Å². The van der Waals surface area contributed by atoms with E-state index in [1.807, 2.05) is 34.1 Å². The van der Waals surface area contributed by atoms with Crippen molar-refractivity contribution in [3.63, 3.8) is 0 Å². The maximum absolute atomic E-state index is 13.1. The molecule has 0 aliphatic carbocycles. The summed E-state index contributed by atoms with van der Waals surface area (Å²) in [5.74, 6) is 0.598. The van der Waals surface area contributed by atoms with Gasteiger partial charge in [-0.05, 0) is 50.4 Å². The fraction of sp³-hybridized carbons (Fsp3) is 0.364. The lowest BCUT2D eigenvalue weighted by atomic mass is 9.78. The Labute approximate surface area is 231 Å². The summed E-state index contributed by atoms with van der Waals surface area (Å²) in [7, 11) is 0. The van der Waals surface area contributed by atoms with Crippen LogP contribution >= 0.6 is 0 Å². The third kappa shape index (κ3) is 5.90. The molecule has 202 valence electrons. The summed E-state index contributed by atoms with van der Waals surface area (Å²) < 4.78 is 5.60. The molecule has 39 heavy (non-hydrogen) atoms. The van der Waals surface area contributed by atoms with Crippen molar-refractivity contribution in [1.82, 2.24) is 15.0 Å². The van der Waals surface area contributed by atoms with E-state index in [4.69, 9.17) is 4.52 Å². The fourth-order valence-electron chi connectivity index (χ4n) is 4.99. The van der Waals surface area contributed by atoms with Gasteiger partial charge < -0.3 is 14.3 Å². The normalized spacial score (nSPS) is 14.9. The van der Waals surface area contributed by atoms with Crippen LogP contribution in [0.5, 0.6) is 0 Å². The van der Waals surface area contributed by atoms with Gasteiger partial charge in [-0.1, -0.05) is 101 Å². The Hall–Kier alpha value is -3.93. The number of carbonyl (C=O) groups is 1. The average molecular weight is 523 g/mol. The molecule has 1 aliphatic heterocycles. The van der Waals surface area contributed by atoms with Crippen molar-refractivity contribution >= 4 is 28.8 Å². The van der Waals surface area contributed by atoms with E-state index in [9.17, 15) is 4.79 Å². The molecule has 6 heteroatoms. The lowest BCUT2D eigenvalue weighted by molar-refractivity contribution is -0.126. The molecule has 6 nitrogen and oxygen atoms in total. The quantitative estimate of drug-likeness (QED) is 0.274. The van der Waals surface area contributed by atoms with E-state index in [0.29, 0.717) is 38.0 Å². The molecule has 5 rings (SSSR count). The molecular weight excluding hydrogens is 484 g/mol. The van der Waals surface area contributed by atoms with Gasteiger partial charge in [0.15, 0.2) is 0 Å². The Morgan fingerprint density at radius 1 is 0.846 bits per heavy atom. The zero-order valence-electron chi connectivity index (χ0n) is 23.9. The van der Waals surface area contributed by atoms with Crippen molar-refractivity contribution in [1.29, 1.82) is 0 Å². The number of anilines is 1. The molecule has 0 spiro atoms. The van der Waals surface area contributed by atoms with Crippen LogP contribution in [0.25, 0.3) is 28.2 Å². The number of carbonyl (C=O) groups excluding carboxylic acids is 1. The number of benzene rings is 3. The second-order valence-corrected chi connectivity index (χ2v) is 12.4. The highest BCUT2D eigenvalue weighted by atomic mass is 16.5. The lowest BCUT2D eigenvalue weighted by Crippen LogP contribution is -2.48. The Bertz CT molecular complexity index is 1510. The van der Waals surface area contributed by atoms with Gasteiger partial charge in [0, 0.05) is 37.8 Å². The van der Waals surface area contributed by atoms with E-state index in [2.05, 4.69) is 94.1 Å². The number of aromatic nitrogens is 2. The summed E-state index contributed by atoms with van der Waals surface area (Å²) in [5, 5.41) is 6.53. The zero-order chi connectivity index (χ0) is 27.8.